The molecule has 0 fully saturated rings. The van der Waals surface area contributed by atoms with E-state index in [9.17, 15) is 24.3 Å². The van der Waals surface area contributed by atoms with Crippen LogP contribution in [0, 0.1) is 11.8 Å². The lowest BCUT2D eigenvalue weighted by Gasteiger charge is -2.25. The zero-order chi connectivity index (χ0) is 23.3. The van der Waals surface area contributed by atoms with E-state index < -0.39 is 41.8 Å². The first kappa shape index (κ1) is 27.8. The van der Waals surface area contributed by atoms with Crippen LogP contribution >= 0.6 is 0 Å². The molecule has 0 saturated heterocycles. The molecule has 0 aromatic heterocycles. The van der Waals surface area contributed by atoms with Gasteiger partial charge in [-0.25, -0.2) is 4.79 Å². The van der Waals surface area contributed by atoms with Crippen molar-refractivity contribution in [3.05, 3.63) is 0 Å². The maximum atomic E-state index is 12.8. The van der Waals surface area contributed by atoms with Gasteiger partial charge in [-0.05, 0) is 50.5 Å². The molecular formula is C20H39N5O5. The number of carbonyl (C=O) groups excluding carboxylic acids is 3. The van der Waals surface area contributed by atoms with Crippen molar-refractivity contribution in [2.75, 3.05) is 13.1 Å². The average molecular weight is 430 g/mol. The van der Waals surface area contributed by atoms with Gasteiger partial charge >= 0.3 is 5.97 Å². The van der Waals surface area contributed by atoms with E-state index in [4.69, 9.17) is 11.5 Å². The molecule has 0 spiro atoms. The van der Waals surface area contributed by atoms with Gasteiger partial charge in [0.1, 0.15) is 18.1 Å². The molecule has 174 valence electrons. The molecule has 0 rings (SSSR count). The molecule has 0 bridgehead atoms. The number of carboxylic acid groups (broad SMARTS) is 1. The second-order valence-electron chi connectivity index (χ2n) is 8.33. The van der Waals surface area contributed by atoms with E-state index in [1.165, 1.54) is 0 Å². The first-order chi connectivity index (χ1) is 14.0. The van der Waals surface area contributed by atoms with Crippen molar-refractivity contribution in [3.8, 4) is 0 Å². The summed E-state index contributed by atoms with van der Waals surface area (Å²) in [5, 5.41) is 17.1. The third-order valence-corrected chi connectivity index (χ3v) is 4.45. The summed E-state index contributed by atoms with van der Waals surface area (Å²) >= 11 is 0. The quantitative estimate of drug-likeness (QED) is 0.194. The van der Waals surface area contributed by atoms with Crippen molar-refractivity contribution in [2.24, 2.45) is 23.3 Å². The van der Waals surface area contributed by atoms with Crippen LogP contribution in [0.25, 0.3) is 0 Å². The van der Waals surface area contributed by atoms with Crippen molar-refractivity contribution in [2.45, 2.75) is 77.9 Å². The predicted molar refractivity (Wildman–Crippen MR) is 114 cm³/mol. The summed E-state index contributed by atoms with van der Waals surface area (Å²) in [6.07, 6.45) is 2.20. The van der Waals surface area contributed by atoms with Gasteiger partial charge in [-0.1, -0.05) is 27.7 Å². The molecule has 0 aromatic rings. The minimum atomic E-state index is -1.13. The first-order valence-electron chi connectivity index (χ1n) is 10.5. The Morgan fingerprint density at radius 2 is 1.27 bits per heavy atom. The molecule has 0 aliphatic heterocycles. The largest absolute Gasteiger partial charge is 0.480 e. The lowest BCUT2D eigenvalue weighted by Crippen LogP contribution is -2.56. The summed E-state index contributed by atoms with van der Waals surface area (Å²) in [7, 11) is 0. The average Bonchev–Trinajstić information content (AvgIpc) is 2.65. The standard InChI is InChI=1S/C20H39N5O5/c1-12(2)9-15(23-17(26)11-22)19(28)24-14(7-5-6-8-21)18(27)25-16(20(29)30)10-13(3)4/h12-16H,5-11,21-22H2,1-4H3,(H,23,26)(H,24,28)(H,25,27)(H,29,30). The number of rotatable bonds is 15. The van der Waals surface area contributed by atoms with E-state index in [0.29, 0.717) is 32.2 Å². The molecule has 0 aliphatic rings. The molecule has 8 N–H and O–H groups in total. The number of hydrogen-bond donors (Lipinski definition) is 6. The summed E-state index contributed by atoms with van der Waals surface area (Å²) in [6, 6.07) is -2.81. The van der Waals surface area contributed by atoms with Crippen LogP contribution in [0.15, 0.2) is 0 Å². The fraction of sp³-hybridized carbons (Fsp3) is 0.800. The smallest absolute Gasteiger partial charge is 0.326 e. The van der Waals surface area contributed by atoms with Crippen LogP contribution in [0.2, 0.25) is 0 Å². The maximum Gasteiger partial charge on any atom is 0.326 e. The van der Waals surface area contributed by atoms with Crippen molar-refractivity contribution < 1.29 is 24.3 Å². The third-order valence-electron chi connectivity index (χ3n) is 4.45. The number of carbonyl (C=O) groups is 4. The number of unbranched alkanes of at least 4 members (excludes halogenated alkanes) is 1. The Balaban J connectivity index is 5.35. The van der Waals surface area contributed by atoms with Gasteiger partial charge in [0.2, 0.25) is 17.7 Å². The third kappa shape index (κ3) is 11.7. The highest BCUT2D eigenvalue weighted by molar-refractivity contribution is 5.93. The highest BCUT2D eigenvalue weighted by atomic mass is 16.4. The molecule has 30 heavy (non-hydrogen) atoms. The van der Waals surface area contributed by atoms with Gasteiger partial charge in [0.05, 0.1) is 6.54 Å². The Morgan fingerprint density at radius 3 is 1.73 bits per heavy atom. The Morgan fingerprint density at radius 1 is 0.767 bits per heavy atom. The monoisotopic (exact) mass is 429 g/mol. The van der Waals surface area contributed by atoms with Gasteiger partial charge in [-0.3, -0.25) is 14.4 Å². The lowest BCUT2D eigenvalue weighted by atomic mass is 10.0. The molecule has 0 heterocycles. The van der Waals surface area contributed by atoms with Crippen LogP contribution < -0.4 is 27.4 Å². The SMILES string of the molecule is CC(C)CC(NC(=O)C(CCCCN)NC(=O)C(CC(C)C)NC(=O)CN)C(=O)O. The number of hydrogen-bond acceptors (Lipinski definition) is 6. The molecule has 0 aliphatic carbocycles. The van der Waals surface area contributed by atoms with Crippen LogP contribution in [-0.2, 0) is 19.2 Å². The van der Waals surface area contributed by atoms with Crippen molar-refractivity contribution in [1.82, 2.24) is 16.0 Å². The zero-order valence-corrected chi connectivity index (χ0v) is 18.6. The number of aliphatic carboxylic acids is 1. The van der Waals surface area contributed by atoms with Crippen molar-refractivity contribution in [3.63, 3.8) is 0 Å². The number of nitrogens with two attached hydrogens (primary N) is 2. The first-order valence-corrected chi connectivity index (χ1v) is 10.5. The molecule has 0 radical (unpaired) electrons. The predicted octanol–water partition coefficient (Wildman–Crippen LogP) is -0.295. The lowest BCUT2D eigenvalue weighted by molar-refractivity contribution is -0.142. The van der Waals surface area contributed by atoms with Gasteiger partial charge in [0.25, 0.3) is 0 Å². The summed E-state index contributed by atoms with van der Waals surface area (Å²) in [5.74, 6) is -2.49. The Labute approximate surface area is 178 Å². The molecule has 10 nitrogen and oxygen atoms in total. The Bertz CT molecular complexity index is 568. The fourth-order valence-electron chi connectivity index (χ4n) is 2.96. The summed E-state index contributed by atoms with van der Waals surface area (Å²) < 4.78 is 0. The molecule has 0 saturated carbocycles. The molecular weight excluding hydrogens is 390 g/mol. The van der Waals surface area contributed by atoms with Gasteiger partial charge in [-0.2, -0.15) is 0 Å². The van der Waals surface area contributed by atoms with Gasteiger partial charge in [-0.15, -0.1) is 0 Å². The van der Waals surface area contributed by atoms with Crippen LogP contribution in [0.1, 0.15) is 59.8 Å². The zero-order valence-electron chi connectivity index (χ0n) is 18.6. The van der Waals surface area contributed by atoms with Gasteiger partial charge in [0.15, 0.2) is 0 Å². The minimum Gasteiger partial charge on any atom is -0.480 e. The fourth-order valence-corrected chi connectivity index (χ4v) is 2.96. The maximum absolute atomic E-state index is 12.8. The van der Waals surface area contributed by atoms with E-state index in [-0.39, 0.29) is 24.8 Å². The highest BCUT2D eigenvalue weighted by Crippen LogP contribution is 2.09. The number of amides is 3. The van der Waals surface area contributed by atoms with Gasteiger partial charge < -0.3 is 32.5 Å². The van der Waals surface area contributed by atoms with Gasteiger partial charge in [0, 0.05) is 0 Å². The number of nitrogens with one attached hydrogen (secondary N) is 3. The Hall–Kier alpha value is -2.20. The van der Waals surface area contributed by atoms with E-state index in [0.717, 1.165) is 0 Å². The minimum absolute atomic E-state index is 0.0681. The second-order valence-corrected chi connectivity index (χ2v) is 8.33. The highest BCUT2D eigenvalue weighted by Gasteiger charge is 2.29. The molecule has 3 unspecified atom stereocenters. The van der Waals surface area contributed by atoms with Crippen molar-refractivity contribution in [1.29, 1.82) is 0 Å². The van der Waals surface area contributed by atoms with Crippen molar-refractivity contribution >= 4 is 23.7 Å². The second kappa shape index (κ2) is 14.7. The van der Waals surface area contributed by atoms with Crippen LogP contribution in [0.5, 0.6) is 0 Å². The summed E-state index contributed by atoms with van der Waals surface area (Å²) in [6.45, 7) is 7.72. The van der Waals surface area contributed by atoms with Crippen LogP contribution in [-0.4, -0.2) is 60.0 Å². The summed E-state index contributed by atoms with van der Waals surface area (Å²) in [4.78, 5) is 48.7. The Kier molecular flexibility index (Phi) is 13.7. The summed E-state index contributed by atoms with van der Waals surface area (Å²) in [5.41, 5.74) is 10.8. The van der Waals surface area contributed by atoms with E-state index in [2.05, 4.69) is 16.0 Å². The normalized spacial score (nSPS) is 14.1. The van der Waals surface area contributed by atoms with E-state index in [1.54, 1.807) is 0 Å². The molecule has 3 amide bonds. The molecule has 10 heteroatoms. The van der Waals surface area contributed by atoms with E-state index >= 15 is 0 Å². The van der Waals surface area contributed by atoms with Crippen LogP contribution in [0.3, 0.4) is 0 Å². The topological polar surface area (TPSA) is 177 Å². The molecule has 0 aromatic carbocycles. The van der Waals surface area contributed by atoms with E-state index in [1.807, 2.05) is 27.7 Å². The number of carboxylic acids is 1. The van der Waals surface area contributed by atoms with Crippen LogP contribution in [0.4, 0.5) is 0 Å². The molecule has 3 atom stereocenters.